The smallest absolute Gasteiger partial charge is 0.101 e. The van der Waals surface area contributed by atoms with Gasteiger partial charge in [-0.3, -0.25) is 0 Å². The average molecular weight is 615 g/mol. The van der Waals surface area contributed by atoms with Crippen molar-refractivity contribution in [3.8, 4) is 12.1 Å². The molecule has 8 aromatic rings. The lowest BCUT2D eigenvalue weighted by atomic mass is 9.88. The predicted molar refractivity (Wildman–Crippen MR) is 198 cm³/mol. The Labute approximate surface area is 279 Å². The van der Waals surface area contributed by atoms with Gasteiger partial charge in [-0.05, 0) is 107 Å². The number of rotatable bonds is 6. The maximum atomic E-state index is 10.2. The van der Waals surface area contributed by atoms with Crippen molar-refractivity contribution in [2.75, 3.05) is 9.80 Å². The Morgan fingerprint density at radius 2 is 0.750 bits per heavy atom. The first-order valence-electron chi connectivity index (χ1n) is 16.0. The van der Waals surface area contributed by atoms with E-state index < -0.39 is 0 Å². The van der Waals surface area contributed by atoms with E-state index in [0.29, 0.717) is 11.1 Å². The van der Waals surface area contributed by atoms with E-state index in [2.05, 4.69) is 96.4 Å². The van der Waals surface area contributed by atoms with Crippen LogP contribution < -0.4 is 9.80 Å². The lowest BCUT2D eigenvalue weighted by Crippen LogP contribution is -2.13. The standard InChI is InChI=1S/C44H30N4/c1-29-25-41(47(33-15-5-3-6-16-33)39-19-11-9-13-31(39)27-45)37-24-22-36-30(2)26-42(38-23-21-35(29)43(37)44(36)38)48(34-17-7-4-8-18-34)40-20-12-10-14-32(40)28-46/h3-26H,1-2H3. The van der Waals surface area contributed by atoms with Crippen molar-refractivity contribution in [3.05, 3.63) is 168 Å². The van der Waals surface area contributed by atoms with Gasteiger partial charge in [0.1, 0.15) is 12.1 Å². The second-order valence-corrected chi connectivity index (χ2v) is 12.1. The van der Waals surface area contributed by atoms with Gasteiger partial charge in [0.2, 0.25) is 0 Å². The van der Waals surface area contributed by atoms with E-state index in [9.17, 15) is 10.5 Å². The molecule has 8 rings (SSSR count). The van der Waals surface area contributed by atoms with E-state index in [-0.39, 0.29) is 0 Å². The van der Waals surface area contributed by atoms with Crippen LogP contribution in [0.3, 0.4) is 0 Å². The van der Waals surface area contributed by atoms with Gasteiger partial charge in [-0.2, -0.15) is 10.5 Å². The predicted octanol–water partition coefficient (Wildman–Crippen LogP) is 11.9. The van der Waals surface area contributed by atoms with E-state index >= 15 is 0 Å². The maximum absolute atomic E-state index is 10.2. The molecule has 0 saturated heterocycles. The molecule has 0 unspecified atom stereocenters. The van der Waals surface area contributed by atoms with Crippen LogP contribution in [0.1, 0.15) is 22.3 Å². The molecule has 8 aromatic carbocycles. The lowest BCUT2D eigenvalue weighted by Gasteiger charge is -2.31. The van der Waals surface area contributed by atoms with Gasteiger partial charge in [0.15, 0.2) is 0 Å². The largest absolute Gasteiger partial charge is 0.309 e. The third-order valence-corrected chi connectivity index (χ3v) is 9.31. The SMILES string of the molecule is Cc1cc(N(c2ccccc2)c2ccccc2C#N)c2ccc3c(C)cc(N(c4ccccc4)c4ccccc4C#N)c4ccc1c2c34. The average Bonchev–Trinajstić information content (AvgIpc) is 3.14. The maximum Gasteiger partial charge on any atom is 0.101 e. The van der Waals surface area contributed by atoms with Crippen molar-refractivity contribution in [3.63, 3.8) is 0 Å². The summed E-state index contributed by atoms with van der Waals surface area (Å²) in [6, 6.07) is 54.4. The molecule has 4 heteroatoms. The topological polar surface area (TPSA) is 54.1 Å². The fourth-order valence-electron chi connectivity index (χ4n) is 7.17. The second-order valence-electron chi connectivity index (χ2n) is 12.1. The molecule has 0 N–H and O–H groups in total. The molecule has 0 aliphatic carbocycles. The van der Waals surface area contributed by atoms with Gasteiger partial charge < -0.3 is 9.80 Å². The summed E-state index contributed by atoms with van der Waals surface area (Å²) in [4.78, 5) is 4.43. The number of nitrogens with zero attached hydrogens (tertiary/aromatic N) is 4. The fourth-order valence-corrected chi connectivity index (χ4v) is 7.17. The lowest BCUT2D eigenvalue weighted by molar-refractivity contribution is 1.27. The molecule has 0 aromatic heterocycles. The minimum Gasteiger partial charge on any atom is -0.309 e. The molecule has 0 atom stereocenters. The molecule has 4 nitrogen and oxygen atoms in total. The molecule has 48 heavy (non-hydrogen) atoms. The number of nitriles is 2. The van der Waals surface area contributed by atoms with E-state index in [0.717, 1.165) is 56.0 Å². The number of hydrogen-bond donors (Lipinski definition) is 0. The van der Waals surface area contributed by atoms with Gasteiger partial charge in [0, 0.05) is 22.1 Å². The zero-order valence-corrected chi connectivity index (χ0v) is 26.6. The Kier molecular flexibility index (Phi) is 6.98. The van der Waals surface area contributed by atoms with Crippen LogP contribution in [0.25, 0.3) is 32.3 Å². The minimum absolute atomic E-state index is 0.609. The van der Waals surface area contributed by atoms with Crippen molar-refractivity contribution in [1.82, 2.24) is 0 Å². The van der Waals surface area contributed by atoms with E-state index in [1.807, 2.05) is 84.9 Å². The van der Waals surface area contributed by atoms with Crippen LogP contribution in [0.2, 0.25) is 0 Å². The molecule has 0 aliphatic heterocycles. The molecule has 0 aliphatic rings. The van der Waals surface area contributed by atoms with Crippen LogP contribution in [-0.4, -0.2) is 0 Å². The van der Waals surface area contributed by atoms with Crippen LogP contribution in [0, 0.1) is 36.5 Å². The number of aryl methyl sites for hydroxylation is 2. The number of para-hydroxylation sites is 4. The first-order chi connectivity index (χ1) is 23.6. The fraction of sp³-hybridized carbons (Fsp3) is 0.0455. The van der Waals surface area contributed by atoms with Crippen molar-refractivity contribution < 1.29 is 0 Å². The third-order valence-electron chi connectivity index (χ3n) is 9.31. The molecular weight excluding hydrogens is 585 g/mol. The van der Waals surface area contributed by atoms with E-state index in [4.69, 9.17) is 0 Å². The highest BCUT2D eigenvalue weighted by molar-refractivity contribution is 6.29. The highest BCUT2D eigenvalue weighted by atomic mass is 15.2. The highest BCUT2D eigenvalue weighted by Gasteiger charge is 2.25. The minimum atomic E-state index is 0.609. The highest BCUT2D eigenvalue weighted by Crippen LogP contribution is 2.49. The Morgan fingerprint density at radius 3 is 1.15 bits per heavy atom. The van der Waals surface area contributed by atoms with Gasteiger partial charge in [-0.25, -0.2) is 0 Å². The second kappa shape index (κ2) is 11.6. The molecule has 0 amide bonds. The number of benzene rings is 8. The molecule has 226 valence electrons. The van der Waals surface area contributed by atoms with Gasteiger partial charge >= 0.3 is 0 Å². The van der Waals surface area contributed by atoms with E-state index in [1.165, 1.54) is 21.5 Å². The van der Waals surface area contributed by atoms with Crippen molar-refractivity contribution in [2.45, 2.75) is 13.8 Å². The van der Waals surface area contributed by atoms with Crippen molar-refractivity contribution in [1.29, 1.82) is 10.5 Å². The van der Waals surface area contributed by atoms with E-state index in [1.54, 1.807) is 0 Å². The van der Waals surface area contributed by atoms with Crippen LogP contribution >= 0.6 is 0 Å². The summed E-state index contributed by atoms with van der Waals surface area (Å²) in [7, 11) is 0. The molecular formula is C44H30N4. The summed E-state index contributed by atoms with van der Waals surface area (Å²) in [6.45, 7) is 4.34. The summed E-state index contributed by atoms with van der Waals surface area (Å²) in [5.74, 6) is 0. The van der Waals surface area contributed by atoms with Crippen molar-refractivity contribution in [2.24, 2.45) is 0 Å². The Bertz CT molecular complexity index is 2380. The third kappa shape index (κ3) is 4.51. The summed E-state index contributed by atoms with van der Waals surface area (Å²) >= 11 is 0. The summed E-state index contributed by atoms with van der Waals surface area (Å²) < 4.78 is 0. The molecule has 0 radical (unpaired) electrons. The monoisotopic (exact) mass is 614 g/mol. The van der Waals surface area contributed by atoms with Crippen LogP contribution in [0.4, 0.5) is 34.1 Å². The van der Waals surface area contributed by atoms with Gasteiger partial charge in [0.05, 0.1) is 33.9 Å². The zero-order chi connectivity index (χ0) is 32.8. The van der Waals surface area contributed by atoms with Gasteiger partial charge in [-0.15, -0.1) is 0 Å². The van der Waals surface area contributed by atoms with Gasteiger partial charge in [-0.1, -0.05) is 84.9 Å². The zero-order valence-electron chi connectivity index (χ0n) is 26.6. The Hall–Kier alpha value is -6.62. The molecule has 0 saturated carbocycles. The Balaban J connectivity index is 1.49. The van der Waals surface area contributed by atoms with Gasteiger partial charge in [0.25, 0.3) is 0 Å². The summed E-state index contributed by atoms with van der Waals surface area (Å²) in [6.07, 6.45) is 0. The summed E-state index contributed by atoms with van der Waals surface area (Å²) in [5.41, 5.74) is 9.18. The van der Waals surface area contributed by atoms with Crippen LogP contribution in [0.15, 0.2) is 146 Å². The molecule has 0 heterocycles. The Morgan fingerprint density at radius 1 is 0.396 bits per heavy atom. The van der Waals surface area contributed by atoms with Crippen LogP contribution in [-0.2, 0) is 0 Å². The first-order valence-corrected chi connectivity index (χ1v) is 16.0. The molecule has 0 bridgehead atoms. The molecule has 0 fully saturated rings. The summed E-state index contributed by atoms with van der Waals surface area (Å²) in [5, 5.41) is 27.3. The number of hydrogen-bond acceptors (Lipinski definition) is 4. The normalized spacial score (nSPS) is 11.1. The number of anilines is 6. The van der Waals surface area contributed by atoms with Crippen LogP contribution in [0.5, 0.6) is 0 Å². The first kappa shape index (κ1) is 28.8. The van der Waals surface area contributed by atoms with Crippen molar-refractivity contribution >= 4 is 66.4 Å². The quantitative estimate of drug-likeness (QED) is 0.175. The molecule has 0 spiro atoms.